The van der Waals surface area contributed by atoms with Crippen LogP contribution in [0.2, 0.25) is 0 Å². The van der Waals surface area contributed by atoms with Crippen LogP contribution in [0, 0.1) is 17.0 Å². The van der Waals surface area contributed by atoms with Gasteiger partial charge >= 0.3 is 5.69 Å². The summed E-state index contributed by atoms with van der Waals surface area (Å²) in [6, 6.07) is 11.0. The number of thioether (sulfide) groups is 1. The van der Waals surface area contributed by atoms with E-state index in [0.29, 0.717) is 11.3 Å². The number of hydrogen-bond donors (Lipinski definition) is 1. The third-order valence-corrected chi connectivity index (χ3v) is 5.52. The lowest BCUT2D eigenvalue weighted by Crippen LogP contribution is -2.34. The van der Waals surface area contributed by atoms with Crippen molar-refractivity contribution in [3.8, 4) is 5.75 Å². The highest BCUT2D eigenvalue weighted by molar-refractivity contribution is 7.99. The average molecular weight is 387 g/mol. The molecule has 0 aliphatic carbocycles. The first kappa shape index (κ1) is 19.0. The number of para-hydroxylation sites is 1. The number of ether oxygens (including phenoxy) is 1. The summed E-state index contributed by atoms with van der Waals surface area (Å²) in [4.78, 5) is 26.5. The van der Waals surface area contributed by atoms with E-state index in [0.717, 1.165) is 24.4 Å². The molecule has 142 valence electrons. The molecule has 27 heavy (non-hydrogen) atoms. The number of nitro benzene ring substituents is 1. The Bertz CT molecular complexity index is 872. The second kappa shape index (κ2) is 8.30. The highest BCUT2D eigenvalue weighted by Gasteiger charge is 2.21. The van der Waals surface area contributed by atoms with E-state index < -0.39 is 4.92 Å². The van der Waals surface area contributed by atoms with Crippen molar-refractivity contribution in [2.75, 3.05) is 36.2 Å². The van der Waals surface area contributed by atoms with Crippen LogP contribution >= 0.6 is 11.8 Å². The molecule has 0 spiro atoms. The molecule has 2 aromatic carbocycles. The third kappa shape index (κ3) is 4.33. The Morgan fingerprint density at radius 1 is 1.37 bits per heavy atom. The standard InChI is InChI=1S/C19H21N3O4S/c1-13-10-16(22(24)25)17(26-2)11-14(13)20-19(23)12-21-8-5-9-27-18-7-4-3-6-15(18)21/h3-4,6-7,10-11H,5,8-9,12H2,1-2H3,(H,20,23). The Kier molecular flexibility index (Phi) is 5.85. The summed E-state index contributed by atoms with van der Waals surface area (Å²) in [6.07, 6.45) is 0.997. The topological polar surface area (TPSA) is 84.7 Å². The largest absolute Gasteiger partial charge is 0.490 e. The van der Waals surface area contributed by atoms with Crippen LogP contribution in [0.1, 0.15) is 12.0 Å². The van der Waals surface area contributed by atoms with Crippen LogP contribution < -0.4 is 15.0 Å². The van der Waals surface area contributed by atoms with E-state index in [2.05, 4.69) is 16.3 Å². The minimum atomic E-state index is -0.497. The smallest absolute Gasteiger partial charge is 0.311 e. The Hall–Kier alpha value is -2.74. The molecular formula is C19H21N3O4S. The molecular weight excluding hydrogens is 366 g/mol. The SMILES string of the molecule is COc1cc(NC(=O)CN2CCCSc3ccccc32)c(C)cc1[N+](=O)[O-]. The summed E-state index contributed by atoms with van der Waals surface area (Å²) >= 11 is 1.80. The van der Waals surface area contributed by atoms with Crippen molar-refractivity contribution in [3.05, 3.63) is 52.1 Å². The van der Waals surface area contributed by atoms with Gasteiger partial charge in [-0.3, -0.25) is 14.9 Å². The molecule has 7 nitrogen and oxygen atoms in total. The molecule has 0 aromatic heterocycles. The predicted molar refractivity (Wildman–Crippen MR) is 107 cm³/mol. The normalized spacial score (nSPS) is 13.5. The first-order valence-electron chi connectivity index (χ1n) is 8.59. The lowest BCUT2D eigenvalue weighted by molar-refractivity contribution is -0.385. The van der Waals surface area contributed by atoms with Gasteiger partial charge in [-0.2, -0.15) is 0 Å². The van der Waals surface area contributed by atoms with Crippen LogP contribution in [0.4, 0.5) is 17.1 Å². The van der Waals surface area contributed by atoms with Crippen LogP contribution in [0.3, 0.4) is 0 Å². The van der Waals surface area contributed by atoms with Gasteiger partial charge in [0.2, 0.25) is 5.91 Å². The van der Waals surface area contributed by atoms with Gasteiger partial charge < -0.3 is 15.0 Å². The molecule has 0 atom stereocenters. The quantitative estimate of drug-likeness (QED) is 0.620. The third-order valence-electron chi connectivity index (χ3n) is 4.37. The van der Waals surface area contributed by atoms with E-state index in [1.807, 2.05) is 18.2 Å². The molecule has 1 heterocycles. The fraction of sp³-hybridized carbons (Fsp3) is 0.316. The number of carbonyl (C=O) groups excluding carboxylic acids is 1. The number of hydrogen-bond acceptors (Lipinski definition) is 6. The van der Waals surface area contributed by atoms with Crippen LogP contribution in [-0.2, 0) is 4.79 Å². The zero-order valence-corrected chi connectivity index (χ0v) is 16.0. The van der Waals surface area contributed by atoms with Crippen molar-refractivity contribution in [2.24, 2.45) is 0 Å². The van der Waals surface area contributed by atoms with Gasteiger partial charge in [-0.05, 0) is 36.8 Å². The molecule has 0 unspecified atom stereocenters. The number of benzene rings is 2. The molecule has 0 bridgehead atoms. The van der Waals surface area contributed by atoms with Crippen molar-refractivity contribution >= 4 is 34.7 Å². The number of methoxy groups -OCH3 is 1. The van der Waals surface area contributed by atoms with E-state index in [1.54, 1.807) is 18.7 Å². The maximum absolute atomic E-state index is 12.6. The molecule has 1 N–H and O–H groups in total. The zero-order chi connectivity index (χ0) is 19.4. The molecule has 0 saturated heterocycles. The first-order chi connectivity index (χ1) is 13.0. The predicted octanol–water partition coefficient (Wildman–Crippen LogP) is 3.85. The summed E-state index contributed by atoms with van der Waals surface area (Å²) in [7, 11) is 1.37. The number of aryl methyl sites for hydroxylation is 1. The number of anilines is 2. The average Bonchev–Trinajstić information content (AvgIpc) is 2.85. The Labute approximate surface area is 161 Å². The molecule has 0 radical (unpaired) electrons. The van der Waals surface area contributed by atoms with E-state index >= 15 is 0 Å². The summed E-state index contributed by atoms with van der Waals surface area (Å²) in [5.74, 6) is 0.974. The van der Waals surface area contributed by atoms with E-state index in [9.17, 15) is 14.9 Å². The number of carbonyl (C=O) groups is 1. The molecule has 1 amide bonds. The Balaban J connectivity index is 1.78. The number of fused-ring (bicyclic) bond motifs is 1. The van der Waals surface area contributed by atoms with Gasteiger partial charge in [0.1, 0.15) is 0 Å². The fourth-order valence-corrected chi connectivity index (χ4v) is 4.05. The van der Waals surface area contributed by atoms with Gasteiger partial charge in [0.05, 0.1) is 24.3 Å². The minimum absolute atomic E-state index is 0.119. The van der Waals surface area contributed by atoms with Crippen molar-refractivity contribution in [3.63, 3.8) is 0 Å². The summed E-state index contributed by atoms with van der Waals surface area (Å²) in [6.45, 7) is 2.75. The van der Waals surface area contributed by atoms with Gasteiger partial charge in [-0.15, -0.1) is 11.8 Å². The molecule has 1 aliphatic rings. The van der Waals surface area contributed by atoms with E-state index in [-0.39, 0.29) is 23.9 Å². The van der Waals surface area contributed by atoms with Crippen molar-refractivity contribution in [1.29, 1.82) is 0 Å². The molecule has 2 aromatic rings. The van der Waals surface area contributed by atoms with Gasteiger partial charge in [0.25, 0.3) is 0 Å². The maximum atomic E-state index is 12.6. The summed E-state index contributed by atoms with van der Waals surface area (Å²) in [5, 5.41) is 14.0. The summed E-state index contributed by atoms with van der Waals surface area (Å²) in [5.41, 5.74) is 2.07. The molecule has 0 saturated carbocycles. The van der Waals surface area contributed by atoms with Crippen LogP contribution in [0.25, 0.3) is 0 Å². The number of nitrogens with zero attached hydrogens (tertiary/aromatic N) is 2. The highest BCUT2D eigenvalue weighted by atomic mass is 32.2. The molecule has 8 heteroatoms. The molecule has 3 rings (SSSR count). The second-order valence-corrected chi connectivity index (χ2v) is 7.37. The zero-order valence-electron chi connectivity index (χ0n) is 15.2. The van der Waals surface area contributed by atoms with Gasteiger partial charge in [0, 0.05) is 29.3 Å². The van der Waals surface area contributed by atoms with E-state index in [1.165, 1.54) is 24.1 Å². The maximum Gasteiger partial charge on any atom is 0.311 e. The van der Waals surface area contributed by atoms with Gasteiger partial charge in [-0.25, -0.2) is 0 Å². The summed E-state index contributed by atoms with van der Waals surface area (Å²) < 4.78 is 5.09. The minimum Gasteiger partial charge on any atom is -0.490 e. The lowest BCUT2D eigenvalue weighted by Gasteiger charge is -2.24. The lowest BCUT2D eigenvalue weighted by atomic mass is 10.1. The van der Waals surface area contributed by atoms with Crippen LogP contribution in [-0.4, -0.2) is 36.8 Å². The Morgan fingerprint density at radius 2 is 2.15 bits per heavy atom. The van der Waals surface area contributed by atoms with Crippen molar-refractivity contribution in [2.45, 2.75) is 18.2 Å². The van der Waals surface area contributed by atoms with Crippen molar-refractivity contribution < 1.29 is 14.5 Å². The number of rotatable bonds is 5. The second-order valence-electron chi connectivity index (χ2n) is 6.24. The highest BCUT2D eigenvalue weighted by Crippen LogP contribution is 2.34. The monoisotopic (exact) mass is 387 g/mol. The van der Waals surface area contributed by atoms with Crippen molar-refractivity contribution in [1.82, 2.24) is 0 Å². The number of nitro groups is 1. The number of amides is 1. The molecule has 0 fully saturated rings. The van der Waals surface area contributed by atoms with Crippen LogP contribution in [0.5, 0.6) is 5.75 Å². The first-order valence-corrected chi connectivity index (χ1v) is 9.58. The van der Waals surface area contributed by atoms with Gasteiger partial charge in [0.15, 0.2) is 5.75 Å². The van der Waals surface area contributed by atoms with E-state index in [4.69, 9.17) is 4.74 Å². The Morgan fingerprint density at radius 3 is 2.89 bits per heavy atom. The van der Waals surface area contributed by atoms with Gasteiger partial charge in [-0.1, -0.05) is 12.1 Å². The molecule has 1 aliphatic heterocycles. The van der Waals surface area contributed by atoms with Crippen LogP contribution in [0.15, 0.2) is 41.3 Å². The number of nitrogens with one attached hydrogen (secondary N) is 1. The fourth-order valence-electron chi connectivity index (χ4n) is 3.04.